The zero-order valence-electron chi connectivity index (χ0n) is 12.2. The van der Waals surface area contributed by atoms with Gasteiger partial charge in [0.2, 0.25) is 5.95 Å². The van der Waals surface area contributed by atoms with E-state index >= 15 is 0 Å². The number of carbonyl (C=O) groups is 1. The van der Waals surface area contributed by atoms with Gasteiger partial charge in [0.05, 0.1) is 13.1 Å². The highest BCUT2D eigenvalue weighted by Gasteiger charge is 2.35. The monoisotopic (exact) mass is 339 g/mol. The van der Waals surface area contributed by atoms with Crippen LogP contribution in [0.25, 0.3) is 0 Å². The van der Waals surface area contributed by atoms with Crippen molar-refractivity contribution >= 4 is 11.9 Å². The van der Waals surface area contributed by atoms with Crippen LogP contribution >= 0.6 is 0 Å². The number of amides is 1. The predicted molar refractivity (Wildman–Crippen MR) is 76.4 cm³/mol. The van der Waals surface area contributed by atoms with Crippen LogP contribution in [-0.2, 0) is 6.18 Å². The van der Waals surface area contributed by atoms with E-state index in [9.17, 15) is 18.0 Å². The van der Waals surface area contributed by atoms with Gasteiger partial charge < -0.3 is 15.4 Å². The molecule has 0 aromatic carbocycles. The Kier molecular flexibility index (Phi) is 3.96. The molecule has 126 valence electrons. The van der Waals surface area contributed by atoms with Crippen LogP contribution < -0.4 is 15.4 Å². The van der Waals surface area contributed by atoms with Gasteiger partial charge in [-0.25, -0.2) is 9.97 Å². The molecule has 0 spiro atoms. The van der Waals surface area contributed by atoms with Gasteiger partial charge in [-0.05, 0) is 12.1 Å². The summed E-state index contributed by atoms with van der Waals surface area (Å²) in [6.07, 6.45) is -2.31. The molecule has 0 saturated carbocycles. The molecule has 10 heteroatoms. The number of aromatic nitrogens is 3. The summed E-state index contributed by atoms with van der Waals surface area (Å²) < 4.78 is 43.6. The molecule has 0 atom stereocenters. The fourth-order valence-electron chi connectivity index (χ4n) is 2.15. The van der Waals surface area contributed by atoms with Crippen LogP contribution in [0.15, 0.2) is 30.6 Å². The van der Waals surface area contributed by atoms with Gasteiger partial charge in [0.1, 0.15) is 23.2 Å². The first-order valence-electron chi connectivity index (χ1n) is 6.90. The minimum Gasteiger partial charge on any atom is -0.487 e. The fourth-order valence-corrected chi connectivity index (χ4v) is 2.15. The second-order valence-electron chi connectivity index (χ2n) is 5.13. The van der Waals surface area contributed by atoms with Crippen molar-refractivity contribution < 1.29 is 22.7 Å². The van der Waals surface area contributed by atoms with Crippen LogP contribution in [-0.4, -0.2) is 40.1 Å². The van der Waals surface area contributed by atoms with Crippen molar-refractivity contribution in [3.63, 3.8) is 0 Å². The van der Waals surface area contributed by atoms with E-state index in [1.807, 2.05) is 0 Å². The van der Waals surface area contributed by atoms with E-state index in [0.29, 0.717) is 18.8 Å². The molecule has 24 heavy (non-hydrogen) atoms. The lowest BCUT2D eigenvalue weighted by Gasteiger charge is -2.39. The maximum Gasteiger partial charge on any atom is 0.433 e. The molecular formula is C14H12F3N5O2. The van der Waals surface area contributed by atoms with Crippen molar-refractivity contribution in [3.8, 4) is 5.75 Å². The van der Waals surface area contributed by atoms with E-state index < -0.39 is 17.8 Å². The van der Waals surface area contributed by atoms with Gasteiger partial charge >= 0.3 is 6.18 Å². The van der Waals surface area contributed by atoms with Crippen LogP contribution in [0.1, 0.15) is 16.2 Å². The molecule has 7 nitrogen and oxygen atoms in total. The summed E-state index contributed by atoms with van der Waals surface area (Å²) in [6, 6.07) is 3.79. The second-order valence-corrected chi connectivity index (χ2v) is 5.13. The maximum atomic E-state index is 12.6. The zero-order valence-corrected chi connectivity index (χ0v) is 12.2. The Balaban J connectivity index is 1.62. The van der Waals surface area contributed by atoms with Crippen molar-refractivity contribution in [1.29, 1.82) is 0 Å². The third-order valence-corrected chi connectivity index (χ3v) is 3.35. The van der Waals surface area contributed by atoms with Crippen LogP contribution in [0.2, 0.25) is 0 Å². The van der Waals surface area contributed by atoms with E-state index in [0.717, 1.165) is 12.3 Å². The molecule has 1 fully saturated rings. The summed E-state index contributed by atoms with van der Waals surface area (Å²) in [5.74, 6) is -0.265. The molecule has 2 aromatic rings. The summed E-state index contributed by atoms with van der Waals surface area (Å²) in [7, 11) is 0. The third kappa shape index (κ3) is 3.36. The SMILES string of the molecule is NC(=O)c1cc(OC2CN(c3nccc(C(F)(F)F)n3)C2)ccn1. The third-order valence-electron chi connectivity index (χ3n) is 3.35. The average Bonchev–Trinajstić information content (AvgIpc) is 2.50. The first-order chi connectivity index (χ1) is 11.3. The quantitative estimate of drug-likeness (QED) is 0.901. The number of hydrogen-bond donors (Lipinski definition) is 1. The maximum absolute atomic E-state index is 12.6. The van der Waals surface area contributed by atoms with E-state index in [1.54, 1.807) is 11.0 Å². The molecule has 1 saturated heterocycles. The number of pyridine rings is 1. The number of ether oxygens (including phenoxy) is 1. The van der Waals surface area contributed by atoms with Gasteiger partial charge in [-0.3, -0.25) is 9.78 Å². The molecule has 1 amide bonds. The molecule has 1 aliphatic heterocycles. The van der Waals surface area contributed by atoms with Crippen molar-refractivity contribution in [2.45, 2.75) is 12.3 Å². The van der Waals surface area contributed by atoms with Crippen LogP contribution in [0.5, 0.6) is 5.75 Å². The normalized spacial score (nSPS) is 15.0. The summed E-state index contributed by atoms with van der Waals surface area (Å²) in [5, 5.41) is 0. The highest BCUT2D eigenvalue weighted by Crippen LogP contribution is 2.29. The summed E-state index contributed by atoms with van der Waals surface area (Å²) in [4.78, 5) is 23.8. The first-order valence-corrected chi connectivity index (χ1v) is 6.90. The lowest BCUT2D eigenvalue weighted by atomic mass is 10.2. The lowest BCUT2D eigenvalue weighted by Crippen LogP contribution is -2.54. The number of hydrogen-bond acceptors (Lipinski definition) is 6. The van der Waals surface area contributed by atoms with Gasteiger partial charge in [0.25, 0.3) is 5.91 Å². The minimum atomic E-state index is -4.51. The lowest BCUT2D eigenvalue weighted by molar-refractivity contribution is -0.141. The smallest absolute Gasteiger partial charge is 0.433 e. The van der Waals surface area contributed by atoms with Crippen molar-refractivity contribution in [1.82, 2.24) is 15.0 Å². The second kappa shape index (κ2) is 5.95. The van der Waals surface area contributed by atoms with E-state index in [2.05, 4.69) is 15.0 Å². The Morgan fingerprint density at radius 2 is 1.96 bits per heavy atom. The van der Waals surface area contributed by atoms with Crippen molar-refractivity contribution in [2.75, 3.05) is 18.0 Å². The number of carbonyl (C=O) groups excluding carboxylic acids is 1. The van der Waals surface area contributed by atoms with Crippen LogP contribution in [0, 0.1) is 0 Å². The number of halogens is 3. The fraction of sp³-hybridized carbons (Fsp3) is 0.286. The Labute approximate surface area is 134 Å². The highest BCUT2D eigenvalue weighted by atomic mass is 19.4. The van der Waals surface area contributed by atoms with Gasteiger partial charge in [-0.2, -0.15) is 13.2 Å². The van der Waals surface area contributed by atoms with Gasteiger partial charge in [-0.15, -0.1) is 0 Å². The van der Waals surface area contributed by atoms with Crippen LogP contribution in [0.3, 0.4) is 0 Å². The van der Waals surface area contributed by atoms with Crippen molar-refractivity contribution in [2.24, 2.45) is 5.73 Å². The van der Waals surface area contributed by atoms with E-state index in [4.69, 9.17) is 10.5 Å². The summed E-state index contributed by atoms with van der Waals surface area (Å²) >= 11 is 0. The van der Waals surface area contributed by atoms with Crippen molar-refractivity contribution in [3.05, 3.63) is 42.0 Å². The largest absolute Gasteiger partial charge is 0.487 e. The zero-order chi connectivity index (χ0) is 17.3. The molecule has 3 heterocycles. The topological polar surface area (TPSA) is 94.2 Å². The molecule has 0 unspecified atom stereocenters. The number of rotatable bonds is 4. The minimum absolute atomic E-state index is 0.00257. The standard InChI is InChI=1S/C14H12F3N5O2/c15-14(16,17)11-2-4-20-13(21-11)22-6-9(7-22)24-8-1-3-19-10(5-8)12(18)23/h1-5,9H,6-7H2,(H2,18,23). The average molecular weight is 339 g/mol. The molecule has 0 radical (unpaired) electrons. The van der Waals surface area contributed by atoms with Gasteiger partial charge in [0.15, 0.2) is 0 Å². The Hall–Kier alpha value is -2.91. The first kappa shape index (κ1) is 16.0. The van der Waals surface area contributed by atoms with Crippen LogP contribution in [0.4, 0.5) is 19.1 Å². The predicted octanol–water partition coefficient (Wildman–Crippen LogP) is 1.26. The summed E-state index contributed by atoms with van der Waals surface area (Å²) in [6.45, 7) is 0.658. The summed E-state index contributed by atoms with van der Waals surface area (Å²) in [5.41, 5.74) is 4.22. The number of nitrogens with zero attached hydrogens (tertiary/aromatic N) is 4. The van der Waals surface area contributed by atoms with Gasteiger partial charge in [-0.1, -0.05) is 0 Å². The molecular weight excluding hydrogens is 327 g/mol. The highest BCUT2D eigenvalue weighted by molar-refractivity contribution is 5.91. The number of nitrogens with two attached hydrogens (primary N) is 1. The Morgan fingerprint density at radius 3 is 2.62 bits per heavy atom. The molecule has 3 rings (SSSR count). The van der Waals surface area contributed by atoms with Gasteiger partial charge in [0, 0.05) is 18.5 Å². The Bertz CT molecular complexity index is 762. The Morgan fingerprint density at radius 1 is 1.25 bits per heavy atom. The molecule has 2 N–H and O–H groups in total. The molecule has 0 bridgehead atoms. The molecule has 1 aliphatic rings. The number of alkyl halides is 3. The number of anilines is 1. The number of primary amides is 1. The molecule has 2 aromatic heterocycles. The van der Waals surface area contributed by atoms with E-state index in [1.165, 1.54) is 12.3 Å². The van der Waals surface area contributed by atoms with E-state index in [-0.39, 0.29) is 17.7 Å². The molecule has 0 aliphatic carbocycles.